The molecule has 0 spiro atoms. The van der Waals surface area contributed by atoms with Crippen LogP contribution in [0.5, 0.6) is 0 Å². The Balaban J connectivity index is 1.24. The number of nitrogens with zero attached hydrogens (tertiary/aromatic N) is 5. The molecule has 0 unspecified atom stereocenters. The Labute approximate surface area is 220 Å². The van der Waals surface area contributed by atoms with Crippen molar-refractivity contribution in [3.05, 3.63) is 77.9 Å². The second kappa shape index (κ2) is 12.7. The fourth-order valence-electron chi connectivity index (χ4n) is 3.80. The van der Waals surface area contributed by atoms with E-state index in [1.165, 1.54) is 11.6 Å². The summed E-state index contributed by atoms with van der Waals surface area (Å²) in [4.78, 5) is 29.9. The summed E-state index contributed by atoms with van der Waals surface area (Å²) in [6, 6.07) is 15.1. The first-order chi connectivity index (χ1) is 18.4. The maximum Gasteiger partial charge on any atom is 0.313 e. The van der Waals surface area contributed by atoms with Crippen molar-refractivity contribution in [1.29, 1.82) is 5.41 Å². The number of amidine groups is 1. The average Bonchev–Trinajstić information content (AvgIpc) is 2.87. The first kappa shape index (κ1) is 26.7. The minimum Gasteiger partial charge on any atom is -0.460 e. The molecule has 10 nitrogen and oxygen atoms in total. The summed E-state index contributed by atoms with van der Waals surface area (Å²) in [5, 5.41) is 11.3. The van der Waals surface area contributed by atoms with E-state index in [1.807, 2.05) is 30.1 Å². The molecule has 2 heterocycles. The van der Waals surface area contributed by atoms with Gasteiger partial charge in [0.25, 0.3) is 0 Å². The third kappa shape index (κ3) is 7.32. The number of ether oxygens (including phenoxy) is 1. The minimum atomic E-state index is -0.687. The number of hydrogen-bond acceptors (Lipinski definition) is 9. The smallest absolute Gasteiger partial charge is 0.313 e. The van der Waals surface area contributed by atoms with E-state index in [-0.39, 0.29) is 24.4 Å². The van der Waals surface area contributed by atoms with Gasteiger partial charge in [0.2, 0.25) is 5.95 Å². The predicted molar refractivity (Wildman–Crippen MR) is 142 cm³/mol. The highest BCUT2D eigenvalue weighted by Gasteiger charge is 2.25. The Bertz CT molecular complexity index is 1280. The molecular formula is C27H30FN7O3. The molecule has 1 aliphatic rings. The number of anilines is 1. The largest absolute Gasteiger partial charge is 0.460 e. The number of aromatic nitrogens is 2. The van der Waals surface area contributed by atoms with Crippen LogP contribution in [0.2, 0.25) is 0 Å². The third-order valence-electron chi connectivity index (χ3n) is 5.83. The fourth-order valence-corrected chi connectivity index (χ4v) is 3.80. The van der Waals surface area contributed by atoms with E-state index in [1.54, 1.807) is 24.5 Å². The predicted octanol–water partition coefficient (Wildman–Crippen LogP) is 2.98. The number of benzene rings is 2. The van der Waals surface area contributed by atoms with Crippen molar-refractivity contribution in [2.24, 2.45) is 10.9 Å². The molecule has 1 fully saturated rings. The van der Waals surface area contributed by atoms with Gasteiger partial charge in [0, 0.05) is 42.2 Å². The highest BCUT2D eigenvalue weighted by atomic mass is 19.1. The summed E-state index contributed by atoms with van der Waals surface area (Å²) < 4.78 is 20.0. The zero-order valence-corrected chi connectivity index (χ0v) is 21.1. The van der Waals surface area contributed by atoms with Gasteiger partial charge >= 0.3 is 5.97 Å². The highest BCUT2D eigenvalue weighted by Crippen LogP contribution is 2.26. The van der Waals surface area contributed by atoms with Gasteiger partial charge in [-0.05, 0) is 12.6 Å². The number of carbonyl (C=O) groups is 1. The molecular weight excluding hydrogens is 489 g/mol. The lowest BCUT2D eigenvalue weighted by atomic mass is 10.1. The fraction of sp³-hybridized carbons (Fsp3) is 0.296. The molecule has 0 atom stereocenters. The number of carbonyl (C=O) groups excluding carboxylic acids is 1. The van der Waals surface area contributed by atoms with Gasteiger partial charge in [-0.1, -0.05) is 53.7 Å². The van der Waals surface area contributed by atoms with Crippen LogP contribution in [0.15, 0.2) is 66.1 Å². The number of oxime groups is 1. The number of nitrogens with one attached hydrogen (secondary N) is 1. The molecule has 0 bridgehead atoms. The van der Waals surface area contributed by atoms with Gasteiger partial charge in [-0.2, -0.15) is 0 Å². The molecule has 1 aromatic heterocycles. The molecule has 38 heavy (non-hydrogen) atoms. The van der Waals surface area contributed by atoms with Crippen LogP contribution < -0.4 is 10.6 Å². The van der Waals surface area contributed by atoms with Crippen LogP contribution in [0.1, 0.15) is 17.5 Å². The third-order valence-corrected chi connectivity index (χ3v) is 5.83. The number of esters is 1. The lowest BCUT2D eigenvalue weighted by molar-refractivity contribution is -0.143. The summed E-state index contributed by atoms with van der Waals surface area (Å²) in [6.45, 7) is 2.98. The number of halogens is 1. The van der Waals surface area contributed by atoms with E-state index in [0.29, 0.717) is 36.8 Å². The van der Waals surface area contributed by atoms with E-state index in [2.05, 4.69) is 32.2 Å². The molecule has 3 aromatic rings. The number of rotatable bonds is 12. The first-order valence-corrected chi connectivity index (χ1v) is 12.1. The van der Waals surface area contributed by atoms with E-state index >= 15 is 4.39 Å². The van der Waals surface area contributed by atoms with E-state index in [0.717, 1.165) is 18.8 Å². The molecule has 198 valence electrons. The highest BCUT2D eigenvalue weighted by molar-refractivity contribution is 5.98. The van der Waals surface area contributed by atoms with Crippen molar-refractivity contribution in [3.8, 4) is 11.1 Å². The number of nitrogens with two attached hydrogens (primary N) is 1. The normalized spacial score (nSPS) is 12.7. The van der Waals surface area contributed by atoms with E-state index in [4.69, 9.17) is 20.7 Å². The van der Waals surface area contributed by atoms with Gasteiger partial charge < -0.3 is 20.2 Å². The van der Waals surface area contributed by atoms with Crippen LogP contribution in [0.25, 0.3) is 11.1 Å². The molecule has 0 amide bonds. The maximum absolute atomic E-state index is 15.0. The lowest BCUT2D eigenvalue weighted by Gasteiger charge is -2.31. The minimum absolute atomic E-state index is 0.207. The molecule has 1 aliphatic heterocycles. The van der Waals surface area contributed by atoms with Crippen molar-refractivity contribution in [3.63, 3.8) is 0 Å². The number of hydrogen-bond donors (Lipinski definition) is 2. The van der Waals surface area contributed by atoms with Crippen molar-refractivity contribution < 1.29 is 18.8 Å². The van der Waals surface area contributed by atoms with Crippen LogP contribution in [-0.4, -0.2) is 65.7 Å². The van der Waals surface area contributed by atoms with Crippen LogP contribution >= 0.6 is 0 Å². The summed E-state index contributed by atoms with van der Waals surface area (Å²) in [5.41, 5.74) is 8.35. The van der Waals surface area contributed by atoms with Crippen molar-refractivity contribution in [1.82, 2.24) is 14.9 Å². The van der Waals surface area contributed by atoms with Gasteiger partial charge in [-0.15, -0.1) is 0 Å². The van der Waals surface area contributed by atoms with E-state index < -0.39 is 11.8 Å². The molecule has 11 heteroatoms. The molecule has 0 saturated carbocycles. The van der Waals surface area contributed by atoms with Gasteiger partial charge in [0.1, 0.15) is 31.3 Å². The Hall–Kier alpha value is -4.38. The Morgan fingerprint density at radius 1 is 1.16 bits per heavy atom. The summed E-state index contributed by atoms with van der Waals surface area (Å²) in [6.07, 6.45) is 2.78. The monoisotopic (exact) mass is 519 g/mol. The van der Waals surface area contributed by atoms with E-state index in [9.17, 15) is 4.79 Å². The SMILES string of the molecule is CN(CCON=C1CN(c2ncc(-c3cccc(COC(=O)CC(=N)N)c3F)cn2)C1)Cc1ccccc1. The average molecular weight is 520 g/mol. The molecule has 2 aromatic carbocycles. The topological polar surface area (TPSA) is 130 Å². The Kier molecular flexibility index (Phi) is 8.94. The first-order valence-electron chi connectivity index (χ1n) is 12.1. The van der Waals surface area contributed by atoms with Gasteiger partial charge in [0.05, 0.1) is 18.8 Å². The number of likely N-dealkylation sites (N-methyl/N-ethyl adjacent to an activating group) is 1. The van der Waals surface area contributed by atoms with Crippen molar-refractivity contribution >= 4 is 23.5 Å². The standard InChI is InChI=1S/C27H30FN7O3/c1-34(15-19-6-3-2-4-7-19)10-11-38-33-22-16-35(17-22)27-31-13-21(14-32-27)23-9-5-8-20(26(23)28)18-37-25(36)12-24(29)30/h2-9,13-14H,10-12,15-18H2,1H3,(H3,29,30). The zero-order chi connectivity index (χ0) is 26.9. The summed E-state index contributed by atoms with van der Waals surface area (Å²) in [5.74, 6) is -1.00. The molecule has 0 radical (unpaired) electrons. The lowest BCUT2D eigenvalue weighted by Crippen LogP contribution is -2.48. The second-order valence-electron chi connectivity index (χ2n) is 8.98. The molecule has 1 saturated heterocycles. The zero-order valence-electron chi connectivity index (χ0n) is 21.1. The van der Waals surface area contributed by atoms with Gasteiger partial charge in [-0.25, -0.2) is 14.4 Å². The van der Waals surface area contributed by atoms with Crippen molar-refractivity contribution in [2.75, 3.05) is 38.2 Å². The van der Waals surface area contributed by atoms with Crippen molar-refractivity contribution in [2.45, 2.75) is 19.6 Å². The van der Waals surface area contributed by atoms with Gasteiger partial charge in [-0.3, -0.25) is 15.1 Å². The van der Waals surface area contributed by atoms with Crippen LogP contribution in [0.4, 0.5) is 10.3 Å². The summed E-state index contributed by atoms with van der Waals surface area (Å²) in [7, 11) is 2.04. The maximum atomic E-state index is 15.0. The van der Waals surface area contributed by atoms with Crippen LogP contribution in [0, 0.1) is 11.2 Å². The Morgan fingerprint density at radius 2 is 1.89 bits per heavy atom. The molecule has 3 N–H and O–H groups in total. The van der Waals surface area contributed by atoms with Crippen LogP contribution in [-0.2, 0) is 27.5 Å². The molecule has 0 aliphatic carbocycles. The van der Waals surface area contributed by atoms with Gasteiger partial charge in [0.15, 0.2) is 0 Å². The van der Waals surface area contributed by atoms with Crippen LogP contribution in [0.3, 0.4) is 0 Å². The molecule has 4 rings (SSSR count). The summed E-state index contributed by atoms with van der Waals surface area (Å²) >= 11 is 0. The Morgan fingerprint density at radius 3 is 2.61 bits per heavy atom. The second-order valence-corrected chi connectivity index (χ2v) is 8.98. The quantitative estimate of drug-likeness (QED) is 0.123.